The highest BCUT2D eigenvalue weighted by Crippen LogP contribution is 2.15. The zero-order valence-corrected chi connectivity index (χ0v) is 16.3. The lowest BCUT2D eigenvalue weighted by molar-refractivity contribution is -0.123. The minimum Gasteiger partial charge on any atom is -0.467 e. The summed E-state index contributed by atoms with van der Waals surface area (Å²) in [5, 5.41) is 2.96. The largest absolute Gasteiger partial charge is 0.467 e. The van der Waals surface area contributed by atoms with E-state index in [2.05, 4.69) is 20.1 Å². The van der Waals surface area contributed by atoms with E-state index in [1.165, 1.54) is 0 Å². The minimum absolute atomic E-state index is 0.0192. The van der Waals surface area contributed by atoms with Gasteiger partial charge < -0.3 is 19.4 Å². The molecule has 28 heavy (non-hydrogen) atoms. The Morgan fingerprint density at radius 2 is 2.04 bits per heavy atom. The molecule has 0 radical (unpaired) electrons. The Kier molecular flexibility index (Phi) is 6.65. The molecule has 150 valence electrons. The standard InChI is InChI=1S/C20H26N4O4/c1-3-27-20(26)16-6-7-18(21-13-16)24-10-8-23(9-11-24)14-19(25)22-15(2)17-5-4-12-28-17/h4-7,12-13,15H,3,8-11,14H2,1-2H3,(H,22,25)/t15-/m1/s1. The van der Waals surface area contributed by atoms with Crippen LogP contribution in [-0.4, -0.2) is 61.1 Å². The zero-order valence-electron chi connectivity index (χ0n) is 16.3. The summed E-state index contributed by atoms with van der Waals surface area (Å²) in [4.78, 5) is 32.6. The van der Waals surface area contributed by atoms with Gasteiger partial charge in [-0.1, -0.05) is 0 Å². The van der Waals surface area contributed by atoms with Gasteiger partial charge in [0.05, 0.1) is 31.0 Å². The van der Waals surface area contributed by atoms with Gasteiger partial charge in [0.15, 0.2) is 0 Å². The second kappa shape index (κ2) is 9.36. The third kappa shape index (κ3) is 5.10. The van der Waals surface area contributed by atoms with E-state index in [0.29, 0.717) is 18.7 Å². The van der Waals surface area contributed by atoms with Crippen molar-refractivity contribution in [3.05, 3.63) is 48.0 Å². The van der Waals surface area contributed by atoms with Crippen molar-refractivity contribution in [1.82, 2.24) is 15.2 Å². The molecule has 0 bridgehead atoms. The minimum atomic E-state index is -0.360. The third-order valence-corrected chi connectivity index (χ3v) is 4.67. The van der Waals surface area contributed by atoms with Crippen molar-refractivity contribution in [3.63, 3.8) is 0 Å². The number of esters is 1. The van der Waals surface area contributed by atoms with Crippen LogP contribution in [0.4, 0.5) is 5.82 Å². The van der Waals surface area contributed by atoms with Gasteiger partial charge >= 0.3 is 5.97 Å². The quantitative estimate of drug-likeness (QED) is 0.727. The second-order valence-corrected chi connectivity index (χ2v) is 6.69. The van der Waals surface area contributed by atoms with E-state index < -0.39 is 0 Å². The number of nitrogens with one attached hydrogen (secondary N) is 1. The summed E-state index contributed by atoms with van der Waals surface area (Å²) >= 11 is 0. The summed E-state index contributed by atoms with van der Waals surface area (Å²) in [5.41, 5.74) is 0.451. The van der Waals surface area contributed by atoms with Crippen molar-refractivity contribution in [2.24, 2.45) is 0 Å². The molecule has 8 nitrogen and oxygen atoms in total. The fourth-order valence-electron chi connectivity index (χ4n) is 3.14. The SMILES string of the molecule is CCOC(=O)c1ccc(N2CCN(CC(=O)N[C@H](C)c3ccco3)CC2)nc1. The molecule has 0 spiro atoms. The maximum absolute atomic E-state index is 12.3. The van der Waals surface area contributed by atoms with Gasteiger partial charge in [0.2, 0.25) is 5.91 Å². The number of aromatic nitrogens is 1. The topological polar surface area (TPSA) is 87.9 Å². The zero-order chi connectivity index (χ0) is 19.9. The Bertz CT molecular complexity index is 768. The van der Waals surface area contributed by atoms with Crippen molar-refractivity contribution >= 4 is 17.7 Å². The lowest BCUT2D eigenvalue weighted by Gasteiger charge is -2.35. The summed E-state index contributed by atoms with van der Waals surface area (Å²) in [6.07, 6.45) is 3.15. The van der Waals surface area contributed by atoms with E-state index >= 15 is 0 Å². The number of ether oxygens (including phenoxy) is 1. The van der Waals surface area contributed by atoms with Crippen LogP contribution >= 0.6 is 0 Å². The molecule has 8 heteroatoms. The number of nitrogens with zero attached hydrogens (tertiary/aromatic N) is 3. The average Bonchev–Trinajstić information content (AvgIpc) is 3.24. The molecule has 2 aromatic heterocycles. The number of hydrogen-bond acceptors (Lipinski definition) is 7. The van der Waals surface area contributed by atoms with Gasteiger partial charge in [0, 0.05) is 32.4 Å². The van der Waals surface area contributed by atoms with E-state index in [4.69, 9.17) is 9.15 Å². The first-order valence-corrected chi connectivity index (χ1v) is 9.50. The first-order chi connectivity index (χ1) is 13.6. The number of amides is 1. The molecule has 3 heterocycles. The van der Waals surface area contributed by atoms with Crippen molar-refractivity contribution in [3.8, 4) is 0 Å². The fraction of sp³-hybridized carbons (Fsp3) is 0.450. The van der Waals surface area contributed by atoms with Crippen molar-refractivity contribution in [2.45, 2.75) is 19.9 Å². The van der Waals surface area contributed by atoms with Crippen molar-refractivity contribution in [2.75, 3.05) is 44.2 Å². The van der Waals surface area contributed by atoms with Gasteiger partial charge in [0.25, 0.3) is 0 Å². The number of pyridine rings is 1. The summed E-state index contributed by atoms with van der Waals surface area (Å²) in [6.45, 7) is 7.45. The van der Waals surface area contributed by atoms with Crippen LogP contribution in [-0.2, 0) is 9.53 Å². The van der Waals surface area contributed by atoms with Crippen LogP contribution in [0, 0.1) is 0 Å². The number of hydrogen-bond donors (Lipinski definition) is 1. The molecular weight excluding hydrogens is 360 g/mol. The number of furan rings is 1. The van der Waals surface area contributed by atoms with Gasteiger partial charge in [0.1, 0.15) is 11.6 Å². The molecule has 1 N–H and O–H groups in total. The molecule has 0 aliphatic carbocycles. The van der Waals surface area contributed by atoms with Crippen molar-refractivity contribution < 1.29 is 18.7 Å². The molecule has 0 unspecified atom stereocenters. The van der Waals surface area contributed by atoms with Crippen LogP contribution in [0.2, 0.25) is 0 Å². The van der Waals surface area contributed by atoms with Crippen LogP contribution in [0.5, 0.6) is 0 Å². The molecule has 0 aromatic carbocycles. The maximum Gasteiger partial charge on any atom is 0.339 e. The number of anilines is 1. The Hall–Kier alpha value is -2.87. The maximum atomic E-state index is 12.3. The first-order valence-electron chi connectivity index (χ1n) is 9.50. The monoisotopic (exact) mass is 386 g/mol. The summed E-state index contributed by atoms with van der Waals surface area (Å²) in [6, 6.07) is 7.08. The van der Waals surface area contributed by atoms with Gasteiger partial charge in [-0.25, -0.2) is 9.78 Å². The van der Waals surface area contributed by atoms with Crippen molar-refractivity contribution in [1.29, 1.82) is 0 Å². The van der Waals surface area contributed by atoms with Crippen LogP contribution in [0.25, 0.3) is 0 Å². The van der Waals surface area contributed by atoms with Crippen LogP contribution in [0.3, 0.4) is 0 Å². The van der Waals surface area contributed by atoms with E-state index in [0.717, 1.165) is 37.8 Å². The fourth-order valence-corrected chi connectivity index (χ4v) is 3.14. The number of piperazine rings is 1. The van der Waals surface area contributed by atoms with Crippen LogP contribution < -0.4 is 10.2 Å². The molecule has 1 aliphatic rings. The van der Waals surface area contributed by atoms with E-state index in [-0.39, 0.29) is 17.9 Å². The average molecular weight is 386 g/mol. The highest BCUT2D eigenvalue weighted by Gasteiger charge is 2.21. The number of carbonyl (C=O) groups is 2. The number of rotatable bonds is 7. The first kappa shape index (κ1) is 19.9. The molecule has 1 fully saturated rings. The Morgan fingerprint density at radius 1 is 1.25 bits per heavy atom. The van der Waals surface area contributed by atoms with Crippen LogP contribution in [0.15, 0.2) is 41.1 Å². The van der Waals surface area contributed by atoms with E-state index in [1.807, 2.05) is 25.1 Å². The molecule has 1 atom stereocenters. The van der Waals surface area contributed by atoms with E-state index in [1.54, 1.807) is 25.5 Å². The third-order valence-electron chi connectivity index (χ3n) is 4.67. The molecule has 1 amide bonds. The van der Waals surface area contributed by atoms with Crippen LogP contribution in [0.1, 0.15) is 36.0 Å². The normalized spacial score (nSPS) is 15.9. The van der Waals surface area contributed by atoms with Gasteiger partial charge in [-0.15, -0.1) is 0 Å². The molecule has 1 aliphatic heterocycles. The predicted molar refractivity (Wildman–Crippen MR) is 104 cm³/mol. The molecule has 3 rings (SSSR count). The molecule has 0 saturated carbocycles. The summed E-state index contributed by atoms with van der Waals surface area (Å²) < 4.78 is 10.3. The summed E-state index contributed by atoms with van der Waals surface area (Å²) in [5.74, 6) is 1.19. The lowest BCUT2D eigenvalue weighted by atomic mass is 10.2. The number of carbonyl (C=O) groups excluding carboxylic acids is 2. The molecular formula is C20H26N4O4. The Balaban J connectivity index is 1.45. The van der Waals surface area contributed by atoms with Gasteiger partial charge in [-0.2, -0.15) is 0 Å². The lowest BCUT2D eigenvalue weighted by Crippen LogP contribution is -2.49. The summed E-state index contributed by atoms with van der Waals surface area (Å²) in [7, 11) is 0. The van der Waals surface area contributed by atoms with Gasteiger partial charge in [-0.05, 0) is 38.1 Å². The Morgan fingerprint density at radius 3 is 2.64 bits per heavy atom. The molecule has 1 saturated heterocycles. The van der Waals surface area contributed by atoms with Gasteiger partial charge in [-0.3, -0.25) is 9.69 Å². The molecule has 2 aromatic rings. The van der Waals surface area contributed by atoms with E-state index in [9.17, 15) is 9.59 Å². The smallest absolute Gasteiger partial charge is 0.339 e. The second-order valence-electron chi connectivity index (χ2n) is 6.69. The highest BCUT2D eigenvalue weighted by molar-refractivity contribution is 5.89. The highest BCUT2D eigenvalue weighted by atomic mass is 16.5. The Labute approximate surface area is 164 Å². The predicted octanol–water partition coefficient (Wildman–Crippen LogP) is 1.85.